The van der Waals surface area contributed by atoms with Gasteiger partial charge in [-0.05, 0) is 61.6 Å². The minimum atomic E-state index is 0.627. The fourth-order valence-corrected chi connectivity index (χ4v) is 2.01. The van der Waals surface area contributed by atoms with E-state index in [1.165, 1.54) is 23.1 Å². The van der Waals surface area contributed by atoms with Gasteiger partial charge in [0.05, 0.1) is 6.54 Å². The average Bonchev–Trinajstić information content (AvgIpc) is 2.48. The molecule has 0 N–H and O–H groups in total. The van der Waals surface area contributed by atoms with Gasteiger partial charge in [0.15, 0.2) is 0 Å². The monoisotopic (exact) mass is 287 g/mol. The van der Waals surface area contributed by atoms with Crippen LogP contribution in [-0.4, -0.2) is 12.8 Å². The molecule has 0 saturated carbocycles. The van der Waals surface area contributed by atoms with Crippen LogP contribution in [0.5, 0.6) is 0 Å². The summed E-state index contributed by atoms with van der Waals surface area (Å²) < 4.78 is 0. The first-order valence-corrected chi connectivity index (χ1v) is 8.29. The van der Waals surface area contributed by atoms with Crippen LogP contribution in [0, 0.1) is 5.92 Å². The second-order valence-corrected chi connectivity index (χ2v) is 5.43. The molecule has 1 unspecified atom stereocenters. The maximum absolute atomic E-state index is 4.38. The van der Waals surface area contributed by atoms with Gasteiger partial charge in [0.2, 0.25) is 0 Å². The molecule has 0 heterocycles. The summed E-state index contributed by atoms with van der Waals surface area (Å²) >= 11 is 0. The zero-order valence-corrected chi connectivity index (χ0v) is 14.8. The van der Waals surface area contributed by atoms with Crippen LogP contribution in [0.4, 0.5) is 0 Å². The van der Waals surface area contributed by atoms with Crippen molar-refractivity contribution in [1.82, 2.24) is 0 Å². The standard InChI is InChI=1S/C20H33N/c1-7-11-13-19(16-21-10-4)15-20(12-8-2)18(6)14-17(5)9-3/h10-15,17H,7-9,16H2,1-6H3/b13-11?,18-14?,19-15+,20-12-,21-10?. The van der Waals surface area contributed by atoms with Crippen LogP contribution in [0.25, 0.3) is 0 Å². The fraction of sp³-hybridized carbons (Fsp3) is 0.550. The third-order valence-corrected chi connectivity index (χ3v) is 3.42. The van der Waals surface area contributed by atoms with Crippen molar-refractivity contribution in [3.8, 4) is 0 Å². The van der Waals surface area contributed by atoms with Gasteiger partial charge in [0.25, 0.3) is 0 Å². The van der Waals surface area contributed by atoms with Crippen LogP contribution in [-0.2, 0) is 0 Å². The topological polar surface area (TPSA) is 12.4 Å². The van der Waals surface area contributed by atoms with Gasteiger partial charge in [-0.1, -0.05) is 58.4 Å². The smallest absolute Gasteiger partial charge is 0.0635 e. The molecule has 1 heteroatoms. The Hall–Kier alpha value is -1.37. The molecule has 0 radical (unpaired) electrons. The predicted octanol–water partition coefficient (Wildman–Crippen LogP) is 6.30. The minimum Gasteiger partial charge on any atom is -0.293 e. The number of rotatable bonds is 9. The minimum absolute atomic E-state index is 0.627. The van der Waals surface area contributed by atoms with E-state index in [9.17, 15) is 0 Å². The summed E-state index contributed by atoms with van der Waals surface area (Å²) in [6.45, 7) is 13.8. The van der Waals surface area contributed by atoms with E-state index in [0.29, 0.717) is 5.92 Å². The van der Waals surface area contributed by atoms with Gasteiger partial charge in [-0.3, -0.25) is 4.99 Å². The van der Waals surface area contributed by atoms with Gasteiger partial charge in [0.1, 0.15) is 0 Å². The molecule has 0 rings (SSSR count). The maximum atomic E-state index is 4.38. The maximum Gasteiger partial charge on any atom is 0.0635 e. The lowest BCUT2D eigenvalue weighted by atomic mass is 9.98. The second kappa shape index (κ2) is 12.4. The van der Waals surface area contributed by atoms with E-state index in [-0.39, 0.29) is 0 Å². The Morgan fingerprint density at radius 3 is 2.38 bits per heavy atom. The summed E-state index contributed by atoms with van der Waals surface area (Å²) in [5.41, 5.74) is 3.97. The van der Waals surface area contributed by atoms with Crippen LogP contribution in [0.2, 0.25) is 0 Å². The molecule has 1 nitrogen and oxygen atoms in total. The lowest BCUT2D eigenvalue weighted by Gasteiger charge is -2.09. The van der Waals surface area contributed by atoms with Gasteiger partial charge in [-0.2, -0.15) is 0 Å². The molecule has 0 amide bonds. The Morgan fingerprint density at radius 2 is 1.86 bits per heavy atom. The SMILES string of the molecule is CC=NC/C(C=CCC)=C/C(=C/CC)C(C)=CC(C)CC. The van der Waals surface area contributed by atoms with Crippen LogP contribution in [0.1, 0.15) is 60.8 Å². The first-order chi connectivity index (χ1) is 10.1. The van der Waals surface area contributed by atoms with E-state index >= 15 is 0 Å². The first kappa shape index (κ1) is 19.6. The average molecular weight is 287 g/mol. The van der Waals surface area contributed by atoms with Crippen molar-refractivity contribution in [3.63, 3.8) is 0 Å². The van der Waals surface area contributed by atoms with Gasteiger partial charge < -0.3 is 0 Å². The van der Waals surface area contributed by atoms with E-state index in [0.717, 1.165) is 19.4 Å². The summed E-state index contributed by atoms with van der Waals surface area (Å²) in [6.07, 6.45) is 16.5. The molecule has 0 aliphatic carbocycles. The third kappa shape index (κ3) is 9.23. The highest BCUT2D eigenvalue weighted by Gasteiger charge is 2.01. The van der Waals surface area contributed by atoms with Crippen LogP contribution in [0.3, 0.4) is 0 Å². The number of hydrogen-bond donors (Lipinski definition) is 0. The number of aliphatic imine (C=N–C) groups is 1. The Balaban J connectivity index is 5.40. The molecule has 0 fully saturated rings. The van der Waals surface area contributed by atoms with Crippen molar-refractivity contribution in [2.24, 2.45) is 10.9 Å². The zero-order valence-electron chi connectivity index (χ0n) is 14.8. The second-order valence-electron chi connectivity index (χ2n) is 5.43. The molecule has 118 valence electrons. The fourth-order valence-electron chi connectivity index (χ4n) is 2.01. The summed E-state index contributed by atoms with van der Waals surface area (Å²) in [5.74, 6) is 0.627. The highest BCUT2D eigenvalue weighted by Crippen LogP contribution is 2.18. The zero-order chi connectivity index (χ0) is 16.1. The molecular weight excluding hydrogens is 254 g/mol. The van der Waals surface area contributed by atoms with E-state index < -0.39 is 0 Å². The van der Waals surface area contributed by atoms with Crippen molar-refractivity contribution in [2.75, 3.05) is 6.54 Å². The summed E-state index contributed by atoms with van der Waals surface area (Å²) in [7, 11) is 0. The molecule has 0 aliphatic heterocycles. The highest BCUT2D eigenvalue weighted by atomic mass is 14.7. The Morgan fingerprint density at radius 1 is 1.14 bits per heavy atom. The molecular formula is C20H33N. The van der Waals surface area contributed by atoms with E-state index in [1.54, 1.807) is 0 Å². The molecule has 0 bridgehead atoms. The van der Waals surface area contributed by atoms with Gasteiger partial charge in [-0.25, -0.2) is 0 Å². The van der Waals surface area contributed by atoms with E-state index in [4.69, 9.17) is 0 Å². The van der Waals surface area contributed by atoms with Crippen molar-refractivity contribution >= 4 is 6.21 Å². The van der Waals surface area contributed by atoms with Crippen LogP contribution >= 0.6 is 0 Å². The quantitative estimate of drug-likeness (QED) is 0.348. The van der Waals surface area contributed by atoms with Crippen molar-refractivity contribution < 1.29 is 0 Å². The van der Waals surface area contributed by atoms with E-state index in [1.807, 2.05) is 13.1 Å². The van der Waals surface area contributed by atoms with Gasteiger partial charge >= 0.3 is 0 Å². The lowest BCUT2D eigenvalue weighted by molar-refractivity contribution is 0.694. The summed E-state index contributed by atoms with van der Waals surface area (Å²) in [6, 6.07) is 0. The first-order valence-electron chi connectivity index (χ1n) is 8.29. The number of allylic oxidation sites excluding steroid dienone is 6. The number of hydrogen-bond acceptors (Lipinski definition) is 1. The van der Waals surface area contributed by atoms with Crippen molar-refractivity contribution in [1.29, 1.82) is 0 Å². The van der Waals surface area contributed by atoms with E-state index in [2.05, 4.69) is 70.0 Å². The molecule has 0 aliphatic rings. The molecule has 0 aromatic carbocycles. The third-order valence-electron chi connectivity index (χ3n) is 3.42. The lowest BCUT2D eigenvalue weighted by Crippen LogP contribution is -1.93. The highest BCUT2D eigenvalue weighted by molar-refractivity contribution is 5.54. The van der Waals surface area contributed by atoms with Crippen LogP contribution in [0.15, 0.2) is 52.1 Å². The van der Waals surface area contributed by atoms with Crippen LogP contribution < -0.4 is 0 Å². The Labute approximate surface area is 132 Å². The molecule has 1 atom stereocenters. The van der Waals surface area contributed by atoms with Crippen molar-refractivity contribution in [3.05, 3.63) is 47.1 Å². The van der Waals surface area contributed by atoms with Gasteiger partial charge in [0, 0.05) is 0 Å². The van der Waals surface area contributed by atoms with Gasteiger partial charge in [-0.15, -0.1) is 0 Å². The number of nitrogens with zero attached hydrogens (tertiary/aromatic N) is 1. The molecule has 0 spiro atoms. The molecule has 21 heavy (non-hydrogen) atoms. The largest absolute Gasteiger partial charge is 0.293 e. The summed E-state index contributed by atoms with van der Waals surface area (Å²) in [4.78, 5) is 4.38. The normalized spacial score (nSPS) is 16.2. The Kier molecular flexibility index (Phi) is 11.6. The molecule has 0 aromatic rings. The summed E-state index contributed by atoms with van der Waals surface area (Å²) in [5, 5.41) is 0. The molecule has 0 saturated heterocycles. The van der Waals surface area contributed by atoms with Crippen molar-refractivity contribution in [2.45, 2.75) is 60.8 Å². The Bertz CT molecular complexity index is 419. The predicted molar refractivity (Wildman–Crippen MR) is 98.1 cm³/mol. The molecule has 0 aromatic heterocycles.